The molecule has 0 saturated carbocycles. The Morgan fingerprint density at radius 2 is 2.06 bits per heavy atom. The number of furan rings is 1. The molecular formula is C15H27NO. The molecule has 1 N–H and O–H groups in total. The molecular weight excluding hydrogens is 210 g/mol. The van der Waals surface area contributed by atoms with E-state index in [1.807, 2.05) is 6.26 Å². The average Bonchev–Trinajstić information content (AvgIpc) is 2.75. The maximum atomic E-state index is 5.20. The van der Waals surface area contributed by atoms with Crippen LogP contribution in [0.4, 0.5) is 0 Å². The maximum Gasteiger partial charge on any atom is 0.0950 e. The van der Waals surface area contributed by atoms with Gasteiger partial charge in [-0.25, -0.2) is 0 Å². The van der Waals surface area contributed by atoms with Gasteiger partial charge in [0.2, 0.25) is 0 Å². The van der Waals surface area contributed by atoms with Gasteiger partial charge >= 0.3 is 0 Å². The maximum absolute atomic E-state index is 5.20. The first-order chi connectivity index (χ1) is 7.95. The van der Waals surface area contributed by atoms with Gasteiger partial charge in [-0.2, -0.15) is 0 Å². The zero-order valence-corrected chi connectivity index (χ0v) is 11.9. The molecule has 1 aromatic rings. The normalized spacial score (nSPS) is 15.8. The number of rotatable bonds is 6. The first kappa shape index (κ1) is 14.3. The van der Waals surface area contributed by atoms with Crippen molar-refractivity contribution in [2.24, 2.45) is 11.3 Å². The lowest BCUT2D eigenvalue weighted by Crippen LogP contribution is -2.27. The Kier molecular flexibility index (Phi) is 5.26. The first-order valence-electron chi connectivity index (χ1n) is 6.70. The van der Waals surface area contributed by atoms with E-state index in [0.29, 0.717) is 17.4 Å². The monoisotopic (exact) mass is 237 g/mol. The molecule has 0 saturated heterocycles. The third kappa shape index (κ3) is 4.55. The van der Waals surface area contributed by atoms with E-state index in [2.05, 4.69) is 46.0 Å². The van der Waals surface area contributed by atoms with Crippen molar-refractivity contribution in [3.05, 3.63) is 24.2 Å². The zero-order valence-electron chi connectivity index (χ0n) is 11.9. The zero-order chi connectivity index (χ0) is 12.9. The second kappa shape index (κ2) is 6.25. The average molecular weight is 237 g/mol. The van der Waals surface area contributed by atoms with Crippen molar-refractivity contribution in [2.45, 2.75) is 53.5 Å². The summed E-state index contributed by atoms with van der Waals surface area (Å²) in [6.45, 7) is 12.5. The van der Waals surface area contributed by atoms with Gasteiger partial charge in [0.15, 0.2) is 0 Å². The molecule has 0 aliphatic heterocycles. The van der Waals surface area contributed by atoms with E-state index >= 15 is 0 Å². The second-order valence-electron chi connectivity index (χ2n) is 6.07. The Hall–Kier alpha value is -0.760. The molecule has 0 aromatic carbocycles. The molecule has 0 fully saturated rings. The third-order valence-electron chi connectivity index (χ3n) is 3.65. The SMILES string of the molecule is CCCNC(CC(C)C(C)(C)C)c1ccoc1. The predicted octanol–water partition coefficient (Wildman–Crippen LogP) is 4.39. The van der Waals surface area contributed by atoms with Gasteiger partial charge in [0.25, 0.3) is 0 Å². The number of hydrogen-bond acceptors (Lipinski definition) is 2. The smallest absolute Gasteiger partial charge is 0.0950 e. The van der Waals surface area contributed by atoms with Crippen LogP contribution >= 0.6 is 0 Å². The molecule has 0 bridgehead atoms. The highest BCUT2D eigenvalue weighted by Crippen LogP contribution is 2.33. The molecule has 1 rings (SSSR count). The Balaban J connectivity index is 2.64. The van der Waals surface area contributed by atoms with Gasteiger partial charge in [0.05, 0.1) is 12.5 Å². The highest BCUT2D eigenvalue weighted by atomic mass is 16.3. The van der Waals surface area contributed by atoms with Crippen molar-refractivity contribution < 1.29 is 4.42 Å². The van der Waals surface area contributed by atoms with E-state index in [-0.39, 0.29) is 0 Å². The molecule has 17 heavy (non-hydrogen) atoms. The third-order valence-corrected chi connectivity index (χ3v) is 3.65. The van der Waals surface area contributed by atoms with Crippen LogP contribution < -0.4 is 5.32 Å². The molecule has 0 radical (unpaired) electrons. The van der Waals surface area contributed by atoms with Gasteiger partial charge in [-0.3, -0.25) is 0 Å². The molecule has 0 aliphatic rings. The van der Waals surface area contributed by atoms with Crippen LogP contribution in [0.2, 0.25) is 0 Å². The van der Waals surface area contributed by atoms with Gasteiger partial charge in [0, 0.05) is 11.6 Å². The minimum absolute atomic E-state index is 0.357. The van der Waals surface area contributed by atoms with Gasteiger partial charge in [-0.15, -0.1) is 0 Å². The van der Waals surface area contributed by atoms with Gasteiger partial charge in [-0.05, 0) is 36.8 Å². The van der Waals surface area contributed by atoms with Crippen LogP contribution in [0.25, 0.3) is 0 Å². The van der Waals surface area contributed by atoms with E-state index in [1.54, 1.807) is 6.26 Å². The van der Waals surface area contributed by atoms with Gasteiger partial charge in [-0.1, -0.05) is 34.6 Å². The molecule has 2 atom stereocenters. The van der Waals surface area contributed by atoms with Crippen molar-refractivity contribution in [3.8, 4) is 0 Å². The summed E-state index contributed by atoms with van der Waals surface area (Å²) in [6.07, 6.45) is 5.95. The Bertz CT molecular complexity index is 297. The quantitative estimate of drug-likeness (QED) is 0.793. The number of hydrogen-bond donors (Lipinski definition) is 1. The minimum Gasteiger partial charge on any atom is -0.472 e. The molecule has 2 heteroatoms. The molecule has 0 aliphatic carbocycles. The van der Waals surface area contributed by atoms with E-state index in [9.17, 15) is 0 Å². The largest absolute Gasteiger partial charge is 0.472 e. The fourth-order valence-corrected chi connectivity index (χ4v) is 1.84. The van der Waals surface area contributed by atoms with Crippen LogP contribution in [0, 0.1) is 11.3 Å². The Morgan fingerprint density at radius 3 is 2.53 bits per heavy atom. The van der Waals surface area contributed by atoms with E-state index < -0.39 is 0 Å². The molecule has 2 unspecified atom stereocenters. The second-order valence-corrected chi connectivity index (χ2v) is 6.07. The van der Waals surface area contributed by atoms with Crippen molar-refractivity contribution in [1.82, 2.24) is 5.32 Å². The van der Waals surface area contributed by atoms with E-state index in [0.717, 1.165) is 19.4 Å². The van der Waals surface area contributed by atoms with Crippen LogP contribution in [0.3, 0.4) is 0 Å². The molecule has 1 heterocycles. The fourth-order valence-electron chi connectivity index (χ4n) is 1.84. The highest BCUT2D eigenvalue weighted by Gasteiger charge is 2.24. The summed E-state index contributed by atoms with van der Waals surface area (Å²) in [5.74, 6) is 0.673. The van der Waals surface area contributed by atoms with Crippen molar-refractivity contribution in [2.75, 3.05) is 6.54 Å². The molecule has 0 spiro atoms. The molecule has 98 valence electrons. The summed E-state index contributed by atoms with van der Waals surface area (Å²) in [5.41, 5.74) is 1.63. The summed E-state index contributed by atoms with van der Waals surface area (Å²) >= 11 is 0. The van der Waals surface area contributed by atoms with E-state index in [4.69, 9.17) is 4.42 Å². The van der Waals surface area contributed by atoms with Crippen molar-refractivity contribution in [1.29, 1.82) is 0 Å². The Morgan fingerprint density at radius 1 is 1.35 bits per heavy atom. The molecule has 0 amide bonds. The van der Waals surface area contributed by atoms with Crippen LogP contribution in [0.1, 0.15) is 59.1 Å². The summed E-state index contributed by atoms with van der Waals surface area (Å²) in [7, 11) is 0. The lowest BCUT2D eigenvalue weighted by Gasteiger charge is -2.31. The lowest BCUT2D eigenvalue weighted by molar-refractivity contribution is 0.223. The Labute approximate surface area is 106 Å². The summed E-state index contributed by atoms with van der Waals surface area (Å²) < 4.78 is 5.20. The standard InChI is InChI=1S/C15H27NO/c1-6-8-16-14(13-7-9-17-11-13)10-12(2)15(3,4)5/h7,9,11-12,14,16H,6,8,10H2,1-5H3. The first-order valence-corrected chi connectivity index (χ1v) is 6.70. The van der Waals surface area contributed by atoms with Gasteiger partial charge < -0.3 is 9.73 Å². The number of nitrogens with one attached hydrogen (secondary N) is 1. The topological polar surface area (TPSA) is 25.2 Å². The van der Waals surface area contributed by atoms with Crippen LogP contribution in [0.15, 0.2) is 23.0 Å². The van der Waals surface area contributed by atoms with Crippen LogP contribution in [-0.4, -0.2) is 6.54 Å². The highest BCUT2D eigenvalue weighted by molar-refractivity contribution is 5.11. The predicted molar refractivity (Wildman–Crippen MR) is 73.0 cm³/mol. The minimum atomic E-state index is 0.357. The van der Waals surface area contributed by atoms with Crippen molar-refractivity contribution in [3.63, 3.8) is 0 Å². The van der Waals surface area contributed by atoms with Crippen LogP contribution in [0.5, 0.6) is 0 Å². The van der Waals surface area contributed by atoms with Crippen LogP contribution in [-0.2, 0) is 0 Å². The summed E-state index contributed by atoms with van der Waals surface area (Å²) in [4.78, 5) is 0. The summed E-state index contributed by atoms with van der Waals surface area (Å²) in [6, 6.07) is 2.49. The van der Waals surface area contributed by atoms with Crippen molar-refractivity contribution >= 4 is 0 Å². The molecule has 2 nitrogen and oxygen atoms in total. The lowest BCUT2D eigenvalue weighted by atomic mass is 9.78. The fraction of sp³-hybridized carbons (Fsp3) is 0.733. The van der Waals surface area contributed by atoms with Gasteiger partial charge in [0.1, 0.15) is 0 Å². The molecule has 1 aromatic heterocycles. The summed E-state index contributed by atoms with van der Waals surface area (Å²) in [5, 5.41) is 3.61. The van der Waals surface area contributed by atoms with E-state index in [1.165, 1.54) is 5.56 Å².